The second-order valence-electron chi connectivity index (χ2n) is 2.73. The maximum Gasteiger partial charge on any atom is 0.315 e. The van der Waals surface area contributed by atoms with Gasteiger partial charge in [-0.25, -0.2) is 0 Å². The van der Waals surface area contributed by atoms with Gasteiger partial charge in [0.25, 0.3) is 0 Å². The van der Waals surface area contributed by atoms with E-state index in [1.807, 2.05) is 0 Å². The molecule has 1 aromatic rings. The monoisotopic (exact) mass is 243 g/mol. The van der Waals surface area contributed by atoms with Gasteiger partial charge in [0.2, 0.25) is 0 Å². The van der Waals surface area contributed by atoms with Gasteiger partial charge in [-0.1, -0.05) is 35.0 Å². The van der Waals surface area contributed by atoms with E-state index in [0.29, 0.717) is 21.3 Å². The predicted molar refractivity (Wildman–Crippen MR) is 60.0 cm³/mol. The molecular weight excluding hydrogens is 237 g/mol. The van der Waals surface area contributed by atoms with Gasteiger partial charge in [-0.15, -0.1) is 0 Å². The summed E-state index contributed by atoms with van der Waals surface area (Å²) >= 11 is 11.7. The molecule has 78 valence electrons. The molecule has 0 aliphatic rings. The van der Waals surface area contributed by atoms with Crippen LogP contribution in [0, 0.1) is 11.8 Å². The number of carboxylic acid groups (broad SMARTS) is 1. The highest BCUT2D eigenvalue weighted by Crippen LogP contribution is 2.26. The molecule has 0 saturated heterocycles. The van der Waals surface area contributed by atoms with Crippen LogP contribution in [-0.2, 0) is 4.79 Å². The first kappa shape index (κ1) is 11.7. The highest BCUT2D eigenvalue weighted by molar-refractivity contribution is 6.37. The van der Waals surface area contributed by atoms with E-state index >= 15 is 0 Å². The average Bonchev–Trinajstić information content (AvgIpc) is 2.08. The van der Waals surface area contributed by atoms with Gasteiger partial charge in [-0.3, -0.25) is 4.79 Å². The van der Waals surface area contributed by atoms with Gasteiger partial charge in [0.15, 0.2) is 0 Å². The molecule has 0 radical (unpaired) electrons. The van der Waals surface area contributed by atoms with E-state index in [9.17, 15) is 4.79 Å². The lowest BCUT2D eigenvalue weighted by molar-refractivity contribution is -0.135. The third kappa shape index (κ3) is 3.35. The lowest BCUT2D eigenvalue weighted by atomic mass is 10.2. The van der Waals surface area contributed by atoms with Crippen LogP contribution in [0.1, 0.15) is 12.0 Å². The first-order valence-corrected chi connectivity index (χ1v) is 4.71. The van der Waals surface area contributed by atoms with Crippen molar-refractivity contribution >= 4 is 34.9 Å². The fraction of sp³-hybridized carbons (Fsp3) is 0.100. The fourth-order valence-corrected chi connectivity index (χ4v) is 1.52. The Balaban J connectivity index is 3.03. The zero-order chi connectivity index (χ0) is 11.4. The van der Waals surface area contributed by atoms with Crippen LogP contribution in [0.15, 0.2) is 12.1 Å². The Morgan fingerprint density at radius 3 is 2.40 bits per heavy atom. The number of anilines is 1. The lowest BCUT2D eigenvalue weighted by Crippen LogP contribution is -1.91. The Hall–Kier alpha value is -1.37. The number of carboxylic acids is 1. The summed E-state index contributed by atoms with van der Waals surface area (Å²) in [6.07, 6.45) is -0.253. The van der Waals surface area contributed by atoms with Gasteiger partial charge >= 0.3 is 5.97 Å². The number of benzene rings is 1. The molecular formula is C10H7Cl2NO2. The van der Waals surface area contributed by atoms with Crippen molar-refractivity contribution in [2.24, 2.45) is 0 Å². The quantitative estimate of drug-likeness (QED) is 0.588. The Morgan fingerprint density at radius 2 is 1.93 bits per heavy atom. The van der Waals surface area contributed by atoms with Crippen molar-refractivity contribution in [1.82, 2.24) is 0 Å². The fourth-order valence-electron chi connectivity index (χ4n) is 0.920. The van der Waals surface area contributed by atoms with Crippen molar-refractivity contribution in [3.8, 4) is 11.8 Å². The first-order chi connectivity index (χ1) is 7.00. The molecule has 0 fully saturated rings. The first-order valence-electron chi connectivity index (χ1n) is 3.96. The normalized spacial score (nSPS) is 9.20. The van der Waals surface area contributed by atoms with Crippen molar-refractivity contribution < 1.29 is 9.90 Å². The van der Waals surface area contributed by atoms with E-state index in [0.717, 1.165) is 0 Å². The number of rotatable bonds is 1. The summed E-state index contributed by atoms with van der Waals surface area (Å²) in [4.78, 5) is 10.2. The van der Waals surface area contributed by atoms with Crippen LogP contribution in [0.4, 0.5) is 5.69 Å². The minimum absolute atomic E-state index is 0.253. The van der Waals surface area contributed by atoms with Crippen LogP contribution in [-0.4, -0.2) is 11.1 Å². The van der Waals surface area contributed by atoms with Crippen LogP contribution in [0.5, 0.6) is 0 Å². The molecule has 0 bridgehead atoms. The average molecular weight is 244 g/mol. The number of nitrogens with two attached hydrogens (primary N) is 1. The van der Waals surface area contributed by atoms with E-state index in [2.05, 4.69) is 11.8 Å². The van der Waals surface area contributed by atoms with Gasteiger partial charge in [0.05, 0.1) is 15.6 Å². The van der Waals surface area contributed by atoms with E-state index < -0.39 is 5.97 Å². The molecule has 1 rings (SSSR count). The van der Waals surface area contributed by atoms with Crippen LogP contribution in [0.3, 0.4) is 0 Å². The van der Waals surface area contributed by atoms with Gasteiger partial charge < -0.3 is 10.8 Å². The number of hydrogen-bond acceptors (Lipinski definition) is 2. The molecule has 15 heavy (non-hydrogen) atoms. The Morgan fingerprint density at radius 1 is 1.40 bits per heavy atom. The summed E-state index contributed by atoms with van der Waals surface area (Å²) in [5, 5.41) is 9.02. The maximum absolute atomic E-state index is 10.2. The largest absolute Gasteiger partial charge is 0.481 e. The second kappa shape index (κ2) is 4.92. The molecule has 0 spiro atoms. The summed E-state index contributed by atoms with van der Waals surface area (Å²) in [5.41, 5.74) is 6.33. The lowest BCUT2D eigenvalue weighted by Gasteiger charge is -2.00. The molecule has 0 unspecified atom stereocenters. The summed E-state index contributed by atoms with van der Waals surface area (Å²) in [5.74, 6) is 4.04. The summed E-state index contributed by atoms with van der Waals surface area (Å²) in [7, 11) is 0. The summed E-state index contributed by atoms with van der Waals surface area (Å²) in [6, 6.07) is 3.02. The van der Waals surface area contributed by atoms with Crippen LogP contribution < -0.4 is 5.73 Å². The van der Waals surface area contributed by atoms with Crippen molar-refractivity contribution in [3.63, 3.8) is 0 Å². The smallest absolute Gasteiger partial charge is 0.315 e. The molecule has 0 saturated carbocycles. The Kier molecular flexibility index (Phi) is 3.84. The van der Waals surface area contributed by atoms with E-state index in [1.165, 1.54) is 12.1 Å². The highest BCUT2D eigenvalue weighted by atomic mass is 35.5. The van der Waals surface area contributed by atoms with Crippen LogP contribution >= 0.6 is 23.2 Å². The highest BCUT2D eigenvalue weighted by Gasteiger charge is 2.04. The Labute approximate surface area is 96.8 Å². The summed E-state index contributed by atoms with van der Waals surface area (Å²) < 4.78 is 0. The van der Waals surface area contributed by atoms with Crippen LogP contribution in [0.2, 0.25) is 10.0 Å². The molecule has 1 aromatic carbocycles. The number of nitrogen functional groups attached to an aromatic ring is 1. The Bertz CT molecular complexity index is 437. The van der Waals surface area contributed by atoms with Gasteiger partial charge in [-0.05, 0) is 12.1 Å². The predicted octanol–water partition coefficient (Wildman–Crippen LogP) is 2.40. The zero-order valence-corrected chi connectivity index (χ0v) is 9.06. The molecule has 0 aromatic heterocycles. The molecule has 0 heterocycles. The van der Waals surface area contributed by atoms with E-state index in [-0.39, 0.29) is 6.42 Å². The topological polar surface area (TPSA) is 63.3 Å². The minimum Gasteiger partial charge on any atom is -0.481 e. The third-order valence-electron chi connectivity index (χ3n) is 1.52. The minimum atomic E-state index is -0.995. The molecule has 0 amide bonds. The molecule has 0 aliphatic carbocycles. The van der Waals surface area contributed by atoms with Crippen molar-refractivity contribution in [2.45, 2.75) is 6.42 Å². The molecule has 0 aliphatic heterocycles. The van der Waals surface area contributed by atoms with Crippen molar-refractivity contribution in [2.75, 3.05) is 5.73 Å². The SMILES string of the molecule is Nc1cc(Cl)c(C#CCC(=O)O)c(Cl)c1. The van der Waals surface area contributed by atoms with E-state index in [4.69, 9.17) is 34.0 Å². The molecule has 3 N–H and O–H groups in total. The van der Waals surface area contributed by atoms with Gasteiger partial charge in [0, 0.05) is 5.69 Å². The molecule has 3 nitrogen and oxygen atoms in total. The van der Waals surface area contributed by atoms with Gasteiger partial charge in [0.1, 0.15) is 6.42 Å². The van der Waals surface area contributed by atoms with Crippen molar-refractivity contribution in [1.29, 1.82) is 0 Å². The standard InChI is InChI=1S/C10H7Cl2NO2/c11-8-4-6(13)5-9(12)7(8)2-1-3-10(14)15/h4-5H,3,13H2,(H,14,15). The number of carbonyl (C=O) groups is 1. The van der Waals surface area contributed by atoms with Crippen molar-refractivity contribution in [3.05, 3.63) is 27.7 Å². The number of hydrogen-bond donors (Lipinski definition) is 2. The maximum atomic E-state index is 10.2. The molecule has 0 atom stereocenters. The van der Waals surface area contributed by atoms with Crippen LogP contribution in [0.25, 0.3) is 0 Å². The molecule has 5 heteroatoms. The summed E-state index contributed by atoms with van der Waals surface area (Å²) in [6.45, 7) is 0. The second-order valence-corrected chi connectivity index (χ2v) is 3.55. The third-order valence-corrected chi connectivity index (χ3v) is 2.11. The number of halogens is 2. The number of aliphatic carboxylic acids is 1. The van der Waals surface area contributed by atoms with E-state index in [1.54, 1.807) is 0 Å². The van der Waals surface area contributed by atoms with Gasteiger partial charge in [-0.2, -0.15) is 0 Å². The zero-order valence-electron chi connectivity index (χ0n) is 7.55.